The molecule has 0 bridgehead atoms. The fraction of sp³-hybridized carbons (Fsp3) is 0.333. The highest BCUT2D eigenvalue weighted by molar-refractivity contribution is 8.00. The maximum absolute atomic E-state index is 14.6. The molecular formula is C15H14F2N2O3S. The number of aromatic nitrogens is 2. The van der Waals surface area contributed by atoms with Crippen molar-refractivity contribution in [1.82, 2.24) is 9.97 Å². The number of fused-ring (bicyclic) bond motifs is 1. The Morgan fingerprint density at radius 1 is 1.17 bits per heavy atom. The van der Waals surface area contributed by atoms with Crippen molar-refractivity contribution in [2.24, 2.45) is 0 Å². The highest BCUT2D eigenvalue weighted by Gasteiger charge is 2.51. The summed E-state index contributed by atoms with van der Waals surface area (Å²) in [6.45, 7) is 0. The quantitative estimate of drug-likeness (QED) is 0.927. The van der Waals surface area contributed by atoms with E-state index >= 15 is 0 Å². The lowest BCUT2D eigenvalue weighted by Gasteiger charge is -2.35. The van der Waals surface area contributed by atoms with Crippen LogP contribution in [0.5, 0.6) is 11.8 Å². The molecule has 23 heavy (non-hydrogen) atoms. The minimum Gasteiger partial charge on any atom is -0.477 e. The topological polar surface area (TPSA) is 64.5 Å². The Bertz CT molecular complexity index is 730. The Morgan fingerprint density at radius 2 is 1.87 bits per heavy atom. The highest BCUT2D eigenvalue weighted by Crippen LogP contribution is 2.56. The number of methoxy groups -OCH3 is 2. The largest absolute Gasteiger partial charge is 0.477 e. The molecule has 2 heterocycles. The van der Waals surface area contributed by atoms with Gasteiger partial charge < -0.3 is 14.6 Å². The SMILES string of the molecule is COc1ncc(C2C(O)c3ccccc3SC2(F)F)nc1OC. The Morgan fingerprint density at radius 3 is 2.57 bits per heavy atom. The van der Waals surface area contributed by atoms with Gasteiger partial charge in [0.25, 0.3) is 11.8 Å². The second-order valence-corrected chi connectivity index (χ2v) is 6.13. The van der Waals surface area contributed by atoms with E-state index in [-0.39, 0.29) is 17.5 Å². The molecule has 0 aliphatic carbocycles. The van der Waals surface area contributed by atoms with Gasteiger partial charge in [-0.3, -0.25) is 0 Å². The smallest absolute Gasteiger partial charge is 0.309 e. The summed E-state index contributed by atoms with van der Waals surface area (Å²) in [6, 6.07) is 6.55. The second kappa shape index (κ2) is 5.93. The first-order chi connectivity index (χ1) is 11.0. The number of hydrogen-bond donors (Lipinski definition) is 1. The summed E-state index contributed by atoms with van der Waals surface area (Å²) in [5.74, 6) is -1.44. The van der Waals surface area contributed by atoms with Crippen molar-refractivity contribution in [3.63, 3.8) is 0 Å². The van der Waals surface area contributed by atoms with Crippen LogP contribution < -0.4 is 9.47 Å². The molecule has 0 spiro atoms. The summed E-state index contributed by atoms with van der Waals surface area (Å²) in [7, 11) is 2.72. The molecule has 8 heteroatoms. The number of ether oxygens (including phenoxy) is 2. The number of thioether (sulfide) groups is 1. The molecule has 1 aromatic heterocycles. The number of rotatable bonds is 3. The monoisotopic (exact) mass is 340 g/mol. The number of halogens is 2. The minimum atomic E-state index is -3.23. The number of alkyl halides is 2. The van der Waals surface area contributed by atoms with Crippen LogP contribution in [0.2, 0.25) is 0 Å². The van der Waals surface area contributed by atoms with Gasteiger partial charge in [-0.1, -0.05) is 30.0 Å². The zero-order valence-electron chi connectivity index (χ0n) is 12.4. The van der Waals surface area contributed by atoms with Crippen LogP contribution in [0.25, 0.3) is 0 Å². The van der Waals surface area contributed by atoms with Gasteiger partial charge in [0.2, 0.25) is 0 Å². The van der Waals surface area contributed by atoms with Crippen molar-refractivity contribution < 1.29 is 23.4 Å². The molecule has 1 aromatic carbocycles. The van der Waals surface area contributed by atoms with E-state index in [9.17, 15) is 13.9 Å². The highest BCUT2D eigenvalue weighted by atomic mass is 32.2. The lowest BCUT2D eigenvalue weighted by molar-refractivity contribution is -0.00283. The standard InChI is InChI=1S/C15H14F2N2O3S/c1-21-13-14(22-2)19-9(7-18-13)11-12(20)8-5-3-4-6-10(8)23-15(11,16)17/h3-7,11-12,20H,1-2H3. The molecule has 2 aromatic rings. The van der Waals surface area contributed by atoms with Crippen molar-refractivity contribution in [2.45, 2.75) is 22.2 Å². The van der Waals surface area contributed by atoms with Crippen LogP contribution in [0.3, 0.4) is 0 Å². The average Bonchev–Trinajstić information content (AvgIpc) is 2.53. The number of aliphatic hydroxyl groups excluding tert-OH is 1. The van der Waals surface area contributed by atoms with E-state index in [0.717, 1.165) is 0 Å². The summed E-state index contributed by atoms with van der Waals surface area (Å²) >= 11 is 0.411. The van der Waals surface area contributed by atoms with Crippen LogP contribution in [0.1, 0.15) is 23.3 Å². The molecule has 122 valence electrons. The fourth-order valence-electron chi connectivity index (χ4n) is 2.52. The van der Waals surface area contributed by atoms with E-state index in [1.165, 1.54) is 20.4 Å². The summed E-state index contributed by atoms with van der Waals surface area (Å²) in [6.07, 6.45) is -0.215. The van der Waals surface area contributed by atoms with Crippen LogP contribution in [0.15, 0.2) is 35.4 Å². The van der Waals surface area contributed by atoms with E-state index in [1.807, 2.05) is 0 Å². The zero-order valence-corrected chi connectivity index (χ0v) is 13.2. The number of nitrogens with zero attached hydrogens (tertiary/aromatic N) is 2. The van der Waals surface area contributed by atoms with E-state index < -0.39 is 17.3 Å². The molecule has 0 amide bonds. The summed E-state index contributed by atoms with van der Waals surface area (Å²) in [4.78, 5) is 8.33. The minimum absolute atomic E-state index is 0.00291. The van der Waals surface area contributed by atoms with Gasteiger partial charge in [0.05, 0.1) is 32.2 Å². The molecule has 0 radical (unpaired) electrons. The maximum atomic E-state index is 14.6. The summed E-state index contributed by atoms with van der Waals surface area (Å²) in [5, 5.41) is 7.23. The molecule has 0 saturated carbocycles. The van der Waals surface area contributed by atoms with Crippen LogP contribution in [0.4, 0.5) is 8.78 Å². The van der Waals surface area contributed by atoms with E-state index in [1.54, 1.807) is 24.3 Å². The summed E-state index contributed by atoms with van der Waals surface area (Å²) < 4.78 is 39.1. The first-order valence-electron chi connectivity index (χ1n) is 6.76. The van der Waals surface area contributed by atoms with E-state index in [4.69, 9.17) is 9.47 Å². The van der Waals surface area contributed by atoms with Gasteiger partial charge >= 0.3 is 5.25 Å². The third-order valence-electron chi connectivity index (χ3n) is 3.59. The van der Waals surface area contributed by atoms with E-state index in [2.05, 4.69) is 9.97 Å². The predicted octanol–water partition coefficient (Wildman–Crippen LogP) is 3.01. The van der Waals surface area contributed by atoms with Crippen LogP contribution in [-0.4, -0.2) is 34.5 Å². The number of hydrogen-bond acceptors (Lipinski definition) is 6. The van der Waals surface area contributed by atoms with E-state index in [0.29, 0.717) is 22.2 Å². The predicted molar refractivity (Wildman–Crippen MR) is 80.1 cm³/mol. The Balaban J connectivity index is 2.08. The Hall–Kier alpha value is -1.93. The van der Waals surface area contributed by atoms with Crippen molar-refractivity contribution in [2.75, 3.05) is 14.2 Å². The maximum Gasteiger partial charge on any atom is 0.309 e. The van der Waals surface area contributed by atoms with Crippen molar-refractivity contribution in [1.29, 1.82) is 0 Å². The third kappa shape index (κ3) is 2.72. The summed E-state index contributed by atoms with van der Waals surface area (Å²) in [5.41, 5.74) is 0.396. The number of benzene rings is 1. The van der Waals surface area contributed by atoms with Crippen LogP contribution in [-0.2, 0) is 0 Å². The molecule has 0 fully saturated rings. The Labute approximate surface area is 135 Å². The van der Waals surface area contributed by atoms with Gasteiger partial charge in [0.15, 0.2) is 0 Å². The van der Waals surface area contributed by atoms with Gasteiger partial charge in [0.1, 0.15) is 5.92 Å². The van der Waals surface area contributed by atoms with Crippen molar-refractivity contribution >= 4 is 11.8 Å². The van der Waals surface area contributed by atoms with Crippen LogP contribution >= 0.6 is 11.8 Å². The fourth-order valence-corrected chi connectivity index (χ4v) is 3.64. The van der Waals surface area contributed by atoms with Gasteiger partial charge in [-0.15, -0.1) is 0 Å². The lowest BCUT2D eigenvalue weighted by Crippen LogP contribution is -2.33. The molecule has 1 N–H and O–H groups in total. The van der Waals surface area contributed by atoms with Crippen molar-refractivity contribution in [3.8, 4) is 11.8 Å². The normalized spacial score (nSPS) is 22.3. The molecule has 1 aliphatic heterocycles. The van der Waals surface area contributed by atoms with Gasteiger partial charge in [-0.25, -0.2) is 9.97 Å². The first-order valence-corrected chi connectivity index (χ1v) is 7.58. The average molecular weight is 340 g/mol. The molecule has 2 atom stereocenters. The molecular weight excluding hydrogens is 326 g/mol. The molecule has 0 saturated heterocycles. The van der Waals surface area contributed by atoms with Crippen LogP contribution in [0, 0.1) is 0 Å². The Kier molecular flexibility index (Phi) is 4.11. The third-order valence-corrected chi connectivity index (χ3v) is 4.71. The zero-order chi connectivity index (χ0) is 16.6. The molecule has 2 unspecified atom stereocenters. The first kappa shape index (κ1) is 15.9. The van der Waals surface area contributed by atoms with Gasteiger partial charge in [-0.2, -0.15) is 8.78 Å². The molecule has 1 aliphatic rings. The molecule has 3 rings (SSSR count). The number of aliphatic hydroxyl groups is 1. The second-order valence-electron chi connectivity index (χ2n) is 4.94. The molecule has 5 nitrogen and oxygen atoms in total. The van der Waals surface area contributed by atoms with Gasteiger partial charge in [0, 0.05) is 4.90 Å². The van der Waals surface area contributed by atoms with Gasteiger partial charge in [-0.05, 0) is 11.6 Å². The lowest BCUT2D eigenvalue weighted by atomic mass is 9.92. The van der Waals surface area contributed by atoms with Crippen molar-refractivity contribution in [3.05, 3.63) is 41.7 Å².